The average molecular weight is 168 g/mol. The van der Waals surface area contributed by atoms with Gasteiger partial charge in [0.1, 0.15) is 0 Å². The Balaban J connectivity index is 2.12. The second-order valence-electron chi connectivity index (χ2n) is 4.02. The van der Waals surface area contributed by atoms with Crippen LogP contribution in [0.5, 0.6) is 0 Å². The fourth-order valence-electron chi connectivity index (χ4n) is 2.28. The Hall–Kier alpha value is -0.570. The Labute approximate surface area is 73.1 Å². The molecule has 2 rings (SSSR count). The number of hydrogen-bond acceptors (Lipinski definition) is 2. The highest BCUT2D eigenvalue weighted by Crippen LogP contribution is 2.27. The van der Waals surface area contributed by atoms with Crippen LogP contribution >= 0.6 is 0 Å². The second-order valence-corrected chi connectivity index (χ2v) is 4.02. The van der Waals surface area contributed by atoms with Crippen molar-refractivity contribution in [2.75, 3.05) is 13.1 Å². The van der Waals surface area contributed by atoms with Crippen molar-refractivity contribution in [1.29, 1.82) is 0 Å². The molecule has 2 aliphatic heterocycles. The summed E-state index contributed by atoms with van der Waals surface area (Å²) in [6.45, 7) is 4.24. The minimum atomic E-state index is -0.0203. The number of nitrogens with one attached hydrogen (secondary N) is 1. The van der Waals surface area contributed by atoms with Crippen LogP contribution in [-0.2, 0) is 4.79 Å². The normalized spacial score (nSPS) is 37.2. The summed E-state index contributed by atoms with van der Waals surface area (Å²) in [5.74, 6) is 0.218. The number of nitrogens with zero attached hydrogens (tertiary/aromatic N) is 1. The van der Waals surface area contributed by atoms with Gasteiger partial charge in [-0.1, -0.05) is 0 Å². The second kappa shape index (κ2) is 2.73. The predicted molar refractivity (Wildman–Crippen MR) is 46.6 cm³/mol. The third-order valence-electron chi connectivity index (χ3n) is 3.06. The van der Waals surface area contributed by atoms with E-state index in [0.717, 1.165) is 19.5 Å². The molecular formula is C9H16N2O. The Kier molecular flexibility index (Phi) is 1.83. The Bertz CT molecular complexity index is 205. The van der Waals surface area contributed by atoms with E-state index in [1.165, 1.54) is 12.8 Å². The first-order chi connectivity index (χ1) is 5.71. The summed E-state index contributed by atoms with van der Waals surface area (Å²) >= 11 is 0. The number of carbonyl (C=O) groups excluding carboxylic acids is 1. The van der Waals surface area contributed by atoms with Crippen LogP contribution in [0.4, 0.5) is 0 Å². The van der Waals surface area contributed by atoms with Crippen LogP contribution in [0.1, 0.15) is 32.6 Å². The van der Waals surface area contributed by atoms with E-state index in [0.29, 0.717) is 6.42 Å². The van der Waals surface area contributed by atoms with Crippen LogP contribution in [0.15, 0.2) is 0 Å². The monoisotopic (exact) mass is 168 g/mol. The molecule has 1 amide bonds. The van der Waals surface area contributed by atoms with E-state index < -0.39 is 0 Å². The van der Waals surface area contributed by atoms with E-state index in [1.54, 1.807) is 0 Å². The van der Waals surface area contributed by atoms with Gasteiger partial charge in [0, 0.05) is 19.5 Å². The van der Waals surface area contributed by atoms with Gasteiger partial charge in [0.25, 0.3) is 0 Å². The predicted octanol–water partition coefficient (Wildman–Crippen LogP) is 0.708. The maximum Gasteiger partial charge on any atom is 0.222 e. The first kappa shape index (κ1) is 8.05. The molecule has 0 radical (unpaired) electrons. The third-order valence-corrected chi connectivity index (χ3v) is 3.06. The standard InChI is InChI=1S/C9H16N2O/c1-9-5-2-3-6-11(9)7-4-8(12)10-9/h2-7H2,1H3,(H,10,12). The molecule has 2 saturated heterocycles. The van der Waals surface area contributed by atoms with E-state index in [4.69, 9.17) is 0 Å². The zero-order valence-corrected chi connectivity index (χ0v) is 7.60. The van der Waals surface area contributed by atoms with E-state index in [9.17, 15) is 4.79 Å². The Morgan fingerprint density at radius 1 is 1.42 bits per heavy atom. The molecule has 0 spiro atoms. The molecule has 0 aromatic carbocycles. The Morgan fingerprint density at radius 2 is 2.25 bits per heavy atom. The summed E-state index contributed by atoms with van der Waals surface area (Å²) in [6, 6.07) is 0. The molecule has 1 N–H and O–H groups in total. The number of carbonyl (C=O) groups is 1. The summed E-state index contributed by atoms with van der Waals surface area (Å²) in [5, 5.41) is 3.08. The molecule has 2 heterocycles. The summed E-state index contributed by atoms with van der Waals surface area (Å²) in [5.41, 5.74) is -0.0203. The van der Waals surface area contributed by atoms with Crippen molar-refractivity contribution >= 4 is 5.91 Å². The minimum absolute atomic E-state index is 0.0203. The van der Waals surface area contributed by atoms with Crippen LogP contribution in [-0.4, -0.2) is 29.6 Å². The molecule has 0 aliphatic carbocycles. The molecule has 2 fully saturated rings. The largest absolute Gasteiger partial charge is 0.338 e. The van der Waals surface area contributed by atoms with Gasteiger partial charge in [0.2, 0.25) is 5.91 Å². The molecule has 0 saturated carbocycles. The van der Waals surface area contributed by atoms with Crippen molar-refractivity contribution in [3.05, 3.63) is 0 Å². The van der Waals surface area contributed by atoms with Gasteiger partial charge in [-0.05, 0) is 26.2 Å². The van der Waals surface area contributed by atoms with Gasteiger partial charge in [-0.3, -0.25) is 9.69 Å². The molecule has 68 valence electrons. The smallest absolute Gasteiger partial charge is 0.222 e. The van der Waals surface area contributed by atoms with E-state index >= 15 is 0 Å². The van der Waals surface area contributed by atoms with Gasteiger partial charge in [-0.2, -0.15) is 0 Å². The highest BCUT2D eigenvalue weighted by Gasteiger charge is 2.38. The molecule has 3 heteroatoms. The van der Waals surface area contributed by atoms with Gasteiger partial charge in [0.05, 0.1) is 5.66 Å². The van der Waals surface area contributed by atoms with Gasteiger partial charge in [-0.15, -0.1) is 0 Å². The maximum absolute atomic E-state index is 11.2. The molecule has 12 heavy (non-hydrogen) atoms. The number of piperidine rings is 1. The van der Waals surface area contributed by atoms with Crippen molar-refractivity contribution in [2.45, 2.75) is 38.3 Å². The van der Waals surface area contributed by atoms with E-state index in [1.807, 2.05) is 0 Å². The van der Waals surface area contributed by atoms with Gasteiger partial charge < -0.3 is 5.32 Å². The molecule has 0 aromatic rings. The van der Waals surface area contributed by atoms with E-state index in [2.05, 4.69) is 17.1 Å². The topological polar surface area (TPSA) is 32.3 Å². The highest BCUT2D eigenvalue weighted by atomic mass is 16.2. The molecule has 1 unspecified atom stereocenters. The number of hydrogen-bond donors (Lipinski definition) is 1. The lowest BCUT2D eigenvalue weighted by molar-refractivity contribution is -0.132. The lowest BCUT2D eigenvalue weighted by atomic mass is 9.94. The zero-order chi connectivity index (χ0) is 8.60. The third kappa shape index (κ3) is 1.22. The minimum Gasteiger partial charge on any atom is -0.338 e. The highest BCUT2D eigenvalue weighted by molar-refractivity contribution is 5.77. The van der Waals surface area contributed by atoms with Gasteiger partial charge in [-0.25, -0.2) is 0 Å². The molecule has 3 nitrogen and oxygen atoms in total. The maximum atomic E-state index is 11.2. The van der Waals surface area contributed by atoms with Crippen LogP contribution in [0.3, 0.4) is 0 Å². The average Bonchev–Trinajstić information content (AvgIpc) is 2.02. The fourth-order valence-corrected chi connectivity index (χ4v) is 2.28. The van der Waals surface area contributed by atoms with Crippen LogP contribution < -0.4 is 5.32 Å². The quantitative estimate of drug-likeness (QED) is 0.577. The van der Waals surface area contributed by atoms with Crippen molar-refractivity contribution in [3.63, 3.8) is 0 Å². The summed E-state index contributed by atoms with van der Waals surface area (Å²) in [4.78, 5) is 13.6. The summed E-state index contributed by atoms with van der Waals surface area (Å²) in [6.07, 6.45) is 4.31. The molecule has 2 aliphatic rings. The lowest BCUT2D eigenvalue weighted by Crippen LogP contribution is -2.64. The van der Waals surface area contributed by atoms with Crippen LogP contribution in [0.25, 0.3) is 0 Å². The molecule has 1 atom stereocenters. The fraction of sp³-hybridized carbons (Fsp3) is 0.889. The van der Waals surface area contributed by atoms with Crippen molar-refractivity contribution in [3.8, 4) is 0 Å². The first-order valence-corrected chi connectivity index (χ1v) is 4.77. The lowest BCUT2D eigenvalue weighted by Gasteiger charge is -2.48. The van der Waals surface area contributed by atoms with E-state index in [-0.39, 0.29) is 11.6 Å². The van der Waals surface area contributed by atoms with Crippen molar-refractivity contribution < 1.29 is 4.79 Å². The van der Waals surface area contributed by atoms with Gasteiger partial charge >= 0.3 is 0 Å². The van der Waals surface area contributed by atoms with Gasteiger partial charge in [0.15, 0.2) is 0 Å². The number of rotatable bonds is 0. The van der Waals surface area contributed by atoms with Crippen LogP contribution in [0, 0.1) is 0 Å². The first-order valence-electron chi connectivity index (χ1n) is 4.77. The van der Waals surface area contributed by atoms with Crippen molar-refractivity contribution in [1.82, 2.24) is 10.2 Å². The molecule has 0 bridgehead atoms. The molecule has 0 aromatic heterocycles. The molecular weight excluding hydrogens is 152 g/mol. The summed E-state index contributed by atoms with van der Waals surface area (Å²) in [7, 11) is 0. The number of amides is 1. The zero-order valence-electron chi connectivity index (χ0n) is 7.60. The summed E-state index contributed by atoms with van der Waals surface area (Å²) < 4.78 is 0. The SMILES string of the molecule is CC12CCCCN1CCC(=O)N2. The van der Waals surface area contributed by atoms with Crippen molar-refractivity contribution in [2.24, 2.45) is 0 Å². The van der Waals surface area contributed by atoms with Crippen LogP contribution in [0.2, 0.25) is 0 Å². The Morgan fingerprint density at radius 3 is 3.08 bits per heavy atom. The number of fused-ring (bicyclic) bond motifs is 1.